The molecule has 17 nitrogen and oxygen atoms in total. The molecule has 0 saturated carbocycles. The van der Waals surface area contributed by atoms with Gasteiger partial charge in [0.1, 0.15) is 23.7 Å². The van der Waals surface area contributed by atoms with Crippen LogP contribution in [0, 0.1) is 0 Å². The van der Waals surface area contributed by atoms with Crippen LogP contribution in [0.2, 0.25) is 0 Å². The number of ether oxygens (including phenoxy) is 3. The third-order valence-electron chi connectivity index (χ3n) is 6.19. The predicted molar refractivity (Wildman–Crippen MR) is 126 cm³/mol. The topological polar surface area (TPSA) is 243 Å². The maximum atomic E-state index is 13.3. The molecule has 17 heteroatoms. The minimum absolute atomic E-state index is 0.137. The number of rotatable bonds is 8. The first-order chi connectivity index (χ1) is 19.0. The van der Waals surface area contributed by atoms with Crippen LogP contribution in [0.3, 0.4) is 0 Å². The molecule has 1 aliphatic rings. The van der Waals surface area contributed by atoms with E-state index in [1.54, 1.807) is 0 Å². The molecular weight excluding hydrogens is 548 g/mol. The number of carboxylic acid groups (broad SMARTS) is 1. The molecule has 0 spiro atoms. The van der Waals surface area contributed by atoms with Crippen LogP contribution < -0.4 is 30.5 Å². The summed E-state index contributed by atoms with van der Waals surface area (Å²) in [7, 11) is 3.45. The van der Waals surface area contributed by atoms with E-state index in [0.717, 1.165) is 20.3 Å². The SMILES string of the molecule is COOc1c(OOC)c2oc(=O)c3cc(O)c(OC4O[C@H](C(=O)O)[C@@H](O)[C@H](O)[C@H]4O)c4oc(=O)c(c1OC)c2c43. The fourth-order valence-electron chi connectivity index (χ4n) is 4.51. The lowest BCUT2D eigenvalue weighted by molar-refractivity contribution is -0.271. The van der Waals surface area contributed by atoms with E-state index in [1.165, 1.54) is 7.11 Å². The van der Waals surface area contributed by atoms with Crippen molar-refractivity contribution in [3.8, 4) is 28.7 Å². The lowest BCUT2D eigenvalue weighted by atomic mass is 9.98. The van der Waals surface area contributed by atoms with Gasteiger partial charge in [0.2, 0.25) is 12.0 Å². The molecule has 4 aromatic rings. The molecule has 3 heterocycles. The van der Waals surface area contributed by atoms with E-state index in [9.17, 15) is 39.9 Å². The molecule has 1 saturated heterocycles. The van der Waals surface area contributed by atoms with Gasteiger partial charge in [-0.15, -0.1) is 0 Å². The van der Waals surface area contributed by atoms with E-state index in [-0.39, 0.29) is 38.8 Å². The van der Waals surface area contributed by atoms with Crippen molar-refractivity contribution >= 4 is 38.7 Å². The van der Waals surface area contributed by atoms with Gasteiger partial charge in [-0.05, 0) is 6.07 Å². The number of hydrogen-bond acceptors (Lipinski definition) is 16. The van der Waals surface area contributed by atoms with Crippen molar-refractivity contribution in [3.63, 3.8) is 0 Å². The molecule has 0 aliphatic carbocycles. The van der Waals surface area contributed by atoms with E-state index < -0.39 is 70.6 Å². The molecule has 5 N–H and O–H groups in total. The quantitative estimate of drug-likeness (QED) is 0.0767. The number of carbonyl (C=O) groups is 1. The number of aliphatic carboxylic acids is 1. The first kappa shape index (κ1) is 27.2. The third kappa shape index (κ3) is 3.91. The Balaban J connectivity index is 1.84. The van der Waals surface area contributed by atoms with E-state index >= 15 is 0 Å². The number of aromatic hydroxyl groups is 1. The average Bonchev–Trinajstić information content (AvgIpc) is 2.91. The Morgan fingerprint density at radius 2 is 1.43 bits per heavy atom. The lowest BCUT2D eigenvalue weighted by Gasteiger charge is -2.38. The summed E-state index contributed by atoms with van der Waals surface area (Å²) in [4.78, 5) is 57.4. The van der Waals surface area contributed by atoms with E-state index in [1.807, 2.05) is 0 Å². The first-order valence-electron chi connectivity index (χ1n) is 11.2. The molecule has 0 bridgehead atoms. The fraction of sp³-hybridized carbons (Fsp3) is 0.348. The monoisotopic (exact) mass is 568 g/mol. The number of hydrogen-bond donors (Lipinski definition) is 5. The Kier molecular flexibility index (Phi) is 6.78. The Hall–Kier alpha value is -4.39. The second-order valence-electron chi connectivity index (χ2n) is 8.38. The Bertz CT molecular complexity index is 1720. The van der Waals surface area contributed by atoms with E-state index in [4.69, 9.17) is 37.7 Å². The first-order valence-corrected chi connectivity index (χ1v) is 11.2. The van der Waals surface area contributed by atoms with Crippen LogP contribution in [-0.4, -0.2) is 83.5 Å². The van der Waals surface area contributed by atoms with Gasteiger partial charge in [-0.3, -0.25) is 0 Å². The number of benzene rings is 2. The van der Waals surface area contributed by atoms with Gasteiger partial charge in [0.05, 0.1) is 32.1 Å². The minimum atomic E-state index is -2.04. The molecular formula is C23H20O17. The highest BCUT2D eigenvalue weighted by Crippen LogP contribution is 2.51. The number of phenols is 1. The normalized spacial score (nSPS) is 23.1. The van der Waals surface area contributed by atoms with Crippen LogP contribution >= 0.6 is 0 Å². The summed E-state index contributed by atoms with van der Waals surface area (Å²) in [6, 6.07) is 0.889. The predicted octanol–water partition coefficient (Wildman–Crippen LogP) is -0.644. The molecule has 1 aliphatic heterocycles. The Morgan fingerprint density at radius 3 is 2.05 bits per heavy atom. The standard InChI is InChI=1S/C23H20O17/c1-32-14-9-8-7-5(21(30)35-16(8)19(40-34-3)18(14)39-33-2)4-6(24)13(15(7)36-22(9)31)37-23-12(27)10(25)11(26)17(38-23)20(28)29/h4,10-12,17,23-27H,1-3H3,(H,28,29)/t10-,11-,12+,17-,23?/m0/s1. The number of aliphatic hydroxyl groups is 3. The van der Waals surface area contributed by atoms with Crippen LogP contribution in [0.25, 0.3) is 32.7 Å². The van der Waals surface area contributed by atoms with Crippen molar-refractivity contribution in [2.75, 3.05) is 21.3 Å². The fourth-order valence-corrected chi connectivity index (χ4v) is 4.51. The van der Waals surface area contributed by atoms with E-state index in [2.05, 4.69) is 4.89 Å². The van der Waals surface area contributed by atoms with Gasteiger partial charge in [-0.25, -0.2) is 14.4 Å². The third-order valence-corrected chi connectivity index (χ3v) is 6.19. The van der Waals surface area contributed by atoms with Crippen molar-refractivity contribution in [1.29, 1.82) is 0 Å². The smallest absolute Gasteiger partial charge is 0.348 e. The second kappa shape index (κ2) is 9.97. The number of methoxy groups -OCH3 is 1. The molecule has 0 radical (unpaired) electrons. The van der Waals surface area contributed by atoms with Gasteiger partial charge in [0, 0.05) is 5.39 Å². The summed E-state index contributed by atoms with van der Waals surface area (Å²) >= 11 is 0. The van der Waals surface area contributed by atoms with Crippen LogP contribution in [0.1, 0.15) is 0 Å². The number of phenolic OH excluding ortho intramolecular Hbond substituents is 1. The summed E-state index contributed by atoms with van der Waals surface area (Å²) in [6.07, 6.45) is -10.1. The number of carboxylic acids is 1. The summed E-state index contributed by atoms with van der Waals surface area (Å²) in [5, 5.41) is 49.6. The highest BCUT2D eigenvalue weighted by molar-refractivity contribution is 6.23. The highest BCUT2D eigenvalue weighted by Gasteiger charge is 2.48. The summed E-state index contributed by atoms with van der Waals surface area (Å²) in [6.45, 7) is 0. The minimum Gasteiger partial charge on any atom is -0.504 e. The molecule has 2 aromatic carbocycles. The molecule has 0 amide bonds. The van der Waals surface area contributed by atoms with Crippen molar-refractivity contribution in [1.82, 2.24) is 0 Å². The molecule has 40 heavy (non-hydrogen) atoms. The molecule has 214 valence electrons. The van der Waals surface area contributed by atoms with Crippen LogP contribution in [0.15, 0.2) is 24.5 Å². The molecule has 1 fully saturated rings. The summed E-state index contributed by atoms with van der Waals surface area (Å²) in [5.74, 6) is -4.24. The maximum absolute atomic E-state index is 13.3. The Labute approximate surface area is 219 Å². The zero-order valence-electron chi connectivity index (χ0n) is 20.6. The van der Waals surface area contributed by atoms with Crippen LogP contribution in [-0.2, 0) is 19.3 Å². The van der Waals surface area contributed by atoms with Crippen molar-refractivity contribution in [2.24, 2.45) is 0 Å². The van der Waals surface area contributed by atoms with E-state index in [0.29, 0.717) is 0 Å². The van der Waals surface area contributed by atoms with Gasteiger partial charge in [-0.2, -0.15) is 9.78 Å². The van der Waals surface area contributed by atoms with Crippen molar-refractivity contribution < 1.29 is 72.9 Å². The summed E-state index contributed by atoms with van der Waals surface area (Å²) < 4.78 is 26.7. The average molecular weight is 568 g/mol. The lowest BCUT2D eigenvalue weighted by Crippen LogP contribution is -2.61. The maximum Gasteiger partial charge on any atom is 0.348 e. The zero-order chi connectivity index (χ0) is 29.0. The van der Waals surface area contributed by atoms with Gasteiger partial charge < -0.3 is 58.4 Å². The number of aliphatic hydroxyl groups excluding tert-OH is 3. The summed E-state index contributed by atoms with van der Waals surface area (Å²) in [5.41, 5.74) is -3.15. The van der Waals surface area contributed by atoms with Gasteiger partial charge in [0.15, 0.2) is 28.8 Å². The largest absolute Gasteiger partial charge is 0.504 e. The van der Waals surface area contributed by atoms with Crippen LogP contribution in [0.5, 0.6) is 28.7 Å². The molecule has 2 aromatic heterocycles. The second-order valence-corrected chi connectivity index (χ2v) is 8.38. The van der Waals surface area contributed by atoms with Crippen molar-refractivity contribution in [2.45, 2.75) is 30.7 Å². The van der Waals surface area contributed by atoms with Crippen LogP contribution in [0.4, 0.5) is 0 Å². The zero-order valence-corrected chi connectivity index (χ0v) is 20.6. The van der Waals surface area contributed by atoms with Crippen molar-refractivity contribution in [3.05, 3.63) is 26.9 Å². The molecule has 1 unspecified atom stereocenters. The van der Waals surface area contributed by atoms with Gasteiger partial charge >= 0.3 is 17.2 Å². The van der Waals surface area contributed by atoms with Gasteiger partial charge in [0.25, 0.3) is 11.5 Å². The van der Waals surface area contributed by atoms with Gasteiger partial charge in [-0.1, -0.05) is 0 Å². The highest BCUT2D eigenvalue weighted by atomic mass is 17.2. The molecule has 5 atom stereocenters. The molecule has 5 rings (SSSR count). The Morgan fingerprint density at radius 1 is 0.800 bits per heavy atom.